The van der Waals surface area contributed by atoms with Crippen LogP contribution in [0.4, 0.5) is 0 Å². The summed E-state index contributed by atoms with van der Waals surface area (Å²) in [5, 5.41) is 0.288. The Morgan fingerprint density at radius 3 is 1.55 bits per heavy atom. The number of nitrogens with zero attached hydrogens (tertiary/aromatic N) is 2. The molecular formula is C46H42N2O9S. The molecule has 58 heavy (non-hydrogen) atoms. The van der Waals surface area contributed by atoms with E-state index >= 15 is 0 Å². The number of hydrogen-bond acceptors (Lipinski definition) is 10. The monoisotopic (exact) mass is 798 g/mol. The Balaban J connectivity index is 1.14. The third-order valence-electron chi connectivity index (χ3n) is 10.3. The molecule has 3 unspecified atom stereocenters. The van der Waals surface area contributed by atoms with Crippen LogP contribution in [0.2, 0.25) is 0 Å². The molecule has 12 heteroatoms. The fourth-order valence-electron chi connectivity index (χ4n) is 7.27. The zero-order chi connectivity index (χ0) is 40.6. The normalized spacial score (nSPS) is 19.0. The molecule has 0 aliphatic carbocycles. The van der Waals surface area contributed by atoms with Crippen LogP contribution in [0.25, 0.3) is 0 Å². The second-order valence-corrected chi connectivity index (χ2v) is 15.2. The number of ether oxygens (including phenoxy) is 3. The Morgan fingerprint density at radius 1 is 0.690 bits per heavy atom. The molecule has 2 aliphatic rings. The van der Waals surface area contributed by atoms with Crippen LogP contribution in [0, 0.1) is 5.41 Å². The lowest BCUT2D eigenvalue weighted by atomic mass is 9.87. The molecule has 11 nitrogen and oxygen atoms in total. The lowest BCUT2D eigenvalue weighted by Gasteiger charge is -2.55. The number of thioether (sulfide) groups is 1. The van der Waals surface area contributed by atoms with Gasteiger partial charge in [0, 0.05) is 19.2 Å². The molecule has 0 radical (unpaired) electrons. The summed E-state index contributed by atoms with van der Waals surface area (Å²) >= 11 is 1.24. The molecule has 5 aromatic rings. The predicted molar refractivity (Wildman–Crippen MR) is 215 cm³/mol. The van der Waals surface area contributed by atoms with Gasteiger partial charge >= 0.3 is 17.9 Å². The number of esters is 3. The number of hydrogen-bond donors (Lipinski definition) is 0. The van der Waals surface area contributed by atoms with Gasteiger partial charge in [0.05, 0.1) is 7.11 Å². The number of carbonyl (C=O) groups excluding carboxylic acids is 5. The highest BCUT2D eigenvalue weighted by molar-refractivity contribution is 8.00. The maximum atomic E-state index is 14.6. The van der Waals surface area contributed by atoms with Crippen molar-refractivity contribution >= 4 is 41.5 Å². The Kier molecular flexibility index (Phi) is 12.3. The van der Waals surface area contributed by atoms with Crippen molar-refractivity contribution in [1.82, 2.24) is 9.96 Å². The van der Waals surface area contributed by atoms with Gasteiger partial charge in [-0.05, 0) is 27.8 Å². The first-order valence-corrected chi connectivity index (χ1v) is 19.8. The number of benzene rings is 5. The van der Waals surface area contributed by atoms with E-state index in [4.69, 9.17) is 19.0 Å². The van der Waals surface area contributed by atoms with Gasteiger partial charge in [0.15, 0.2) is 24.2 Å². The van der Waals surface area contributed by atoms with Gasteiger partial charge in [0.25, 0.3) is 11.8 Å². The van der Waals surface area contributed by atoms with Gasteiger partial charge < -0.3 is 19.1 Å². The number of fused-ring (bicyclic) bond motifs is 1. The molecule has 0 bridgehead atoms. The van der Waals surface area contributed by atoms with Crippen molar-refractivity contribution in [3.8, 4) is 0 Å². The van der Waals surface area contributed by atoms with Crippen LogP contribution in [0.15, 0.2) is 152 Å². The molecule has 2 aliphatic heterocycles. The zero-order valence-electron chi connectivity index (χ0n) is 31.9. The number of carbonyl (C=O) groups is 5. The van der Waals surface area contributed by atoms with Crippen LogP contribution in [-0.2, 0) is 43.0 Å². The van der Waals surface area contributed by atoms with Crippen LogP contribution in [0.1, 0.15) is 52.9 Å². The molecule has 2 heterocycles. The molecule has 0 N–H and O–H groups in total. The third kappa shape index (κ3) is 8.39. The molecule has 2 amide bonds. The van der Waals surface area contributed by atoms with Gasteiger partial charge in [0.1, 0.15) is 17.4 Å². The van der Waals surface area contributed by atoms with E-state index in [-0.39, 0.29) is 18.9 Å². The molecule has 2 saturated heterocycles. The molecule has 296 valence electrons. The van der Waals surface area contributed by atoms with Gasteiger partial charge in [-0.3, -0.25) is 28.8 Å². The second kappa shape index (κ2) is 17.9. The summed E-state index contributed by atoms with van der Waals surface area (Å²) in [4.78, 5) is 76.7. The van der Waals surface area contributed by atoms with Gasteiger partial charge in [-0.25, -0.2) is 5.06 Å². The molecule has 0 aromatic heterocycles. The van der Waals surface area contributed by atoms with Gasteiger partial charge in [-0.1, -0.05) is 152 Å². The number of β-lactam (4-membered cyclic amide) rings is 1. The zero-order valence-corrected chi connectivity index (χ0v) is 32.7. The van der Waals surface area contributed by atoms with Crippen molar-refractivity contribution in [2.75, 3.05) is 26.0 Å². The highest BCUT2D eigenvalue weighted by Gasteiger charge is 2.61. The largest absolute Gasteiger partial charge is 0.465 e. The number of hydroxylamine groups is 2. The Hall–Kier alpha value is -6.24. The molecule has 7 rings (SSSR count). The summed E-state index contributed by atoms with van der Waals surface area (Å²) in [7, 11) is 1.27. The minimum Gasteiger partial charge on any atom is -0.465 e. The van der Waals surface area contributed by atoms with Crippen molar-refractivity contribution in [3.63, 3.8) is 0 Å². The quantitative estimate of drug-likeness (QED) is 0.0396. The van der Waals surface area contributed by atoms with Crippen molar-refractivity contribution in [1.29, 1.82) is 0 Å². The van der Waals surface area contributed by atoms with Crippen LogP contribution in [0.3, 0.4) is 0 Å². The van der Waals surface area contributed by atoms with Crippen LogP contribution in [-0.4, -0.2) is 77.1 Å². The van der Waals surface area contributed by atoms with E-state index in [0.717, 1.165) is 16.2 Å². The summed E-state index contributed by atoms with van der Waals surface area (Å²) in [6.07, 6.45) is -1.60. The van der Waals surface area contributed by atoms with E-state index in [1.807, 2.05) is 121 Å². The second-order valence-electron chi connectivity index (χ2n) is 14.1. The lowest BCUT2D eigenvalue weighted by molar-refractivity contribution is -0.215. The summed E-state index contributed by atoms with van der Waals surface area (Å²) in [6, 6.07) is 44.4. The van der Waals surface area contributed by atoms with Crippen LogP contribution < -0.4 is 0 Å². The van der Waals surface area contributed by atoms with Gasteiger partial charge in [0.2, 0.25) is 0 Å². The van der Waals surface area contributed by atoms with Crippen molar-refractivity contribution in [2.24, 2.45) is 5.41 Å². The SMILES string of the molecule is CON(C(=O)C(C(=O)OC(c1ccccc1)c1ccccc1)c1ccccc1)C1C(=O)N2CC(COC(C)=O)(C(=O)OC(c3ccccc3)c3ccccc3)CS[C@H]12. The maximum Gasteiger partial charge on any atom is 0.324 e. The highest BCUT2D eigenvalue weighted by Crippen LogP contribution is 2.46. The fraction of sp³-hybridized carbons (Fsp3) is 0.239. The molecular weight excluding hydrogens is 757 g/mol. The van der Waals surface area contributed by atoms with E-state index in [0.29, 0.717) is 16.7 Å². The molecule has 2 fully saturated rings. The Morgan fingerprint density at radius 2 is 1.12 bits per heavy atom. The maximum absolute atomic E-state index is 14.6. The van der Waals surface area contributed by atoms with Gasteiger partial charge in [-0.2, -0.15) is 0 Å². The average Bonchev–Trinajstić information content (AvgIpc) is 3.27. The van der Waals surface area contributed by atoms with Crippen LogP contribution >= 0.6 is 11.8 Å². The molecule has 0 spiro atoms. The summed E-state index contributed by atoms with van der Waals surface area (Å²) in [5.41, 5.74) is 1.83. The summed E-state index contributed by atoms with van der Waals surface area (Å²) in [5.74, 6) is -4.77. The predicted octanol–water partition coefficient (Wildman–Crippen LogP) is 6.66. The average molecular weight is 799 g/mol. The third-order valence-corrected chi connectivity index (χ3v) is 11.8. The van der Waals surface area contributed by atoms with Gasteiger partial charge in [-0.15, -0.1) is 11.8 Å². The first kappa shape index (κ1) is 40.0. The molecule has 4 atom stereocenters. The van der Waals surface area contributed by atoms with Crippen molar-refractivity contribution < 1.29 is 43.0 Å². The minimum atomic E-state index is -1.49. The first-order chi connectivity index (χ1) is 28.2. The van der Waals surface area contributed by atoms with E-state index in [9.17, 15) is 24.0 Å². The Bertz CT molecular complexity index is 2130. The van der Waals surface area contributed by atoms with Crippen molar-refractivity contribution in [3.05, 3.63) is 179 Å². The molecule has 5 aromatic carbocycles. The fourth-order valence-corrected chi connectivity index (χ4v) is 8.82. The summed E-state index contributed by atoms with van der Waals surface area (Å²) < 4.78 is 17.9. The van der Waals surface area contributed by atoms with Crippen molar-refractivity contribution in [2.45, 2.75) is 36.5 Å². The van der Waals surface area contributed by atoms with E-state index in [2.05, 4.69) is 0 Å². The number of rotatable bonds is 14. The molecule has 0 saturated carbocycles. The topological polar surface area (TPSA) is 129 Å². The first-order valence-electron chi connectivity index (χ1n) is 18.8. The summed E-state index contributed by atoms with van der Waals surface area (Å²) in [6.45, 7) is 0.774. The Labute approximate surface area is 340 Å². The van der Waals surface area contributed by atoms with E-state index < -0.39 is 64.7 Å². The smallest absolute Gasteiger partial charge is 0.324 e. The number of amides is 2. The van der Waals surface area contributed by atoms with E-state index in [1.54, 1.807) is 30.3 Å². The standard InChI is InChI=1S/C46H42N2O9S/c1-31(49)55-29-46(45(53)57-40(35-24-14-6-15-25-35)36-26-16-7-17-27-36)28-47-42(51)38(43(47)58-30-46)48(54-2)41(50)37(32-18-8-3-9-19-32)44(52)56-39(33-20-10-4-11-21-33)34-22-12-5-13-23-34/h3-27,37-40,43H,28-30H2,1-2H3/t37?,38?,43-,46?/m1/s1. The minimum absolute atomic E-state index is 0.0894. The van der Waals surface area contributed by atoms with E-state index in [1.165, 1.54) is 30.7 Å². The lowest BCUT2D eigenvalue weighted by Crippen LogP contribution is -2.74. The highest BCUT2D eigenvalue weighted by atomic mass is 32.2. The van der Waals surface area contributed by atoms with Crippen LogP contribution in [0.5, 0.6) is 0 Å².